The lowest BCUT2D eigenvalue weighted by molar-refractivity contribution is -0.146. The lowest BCUT2D eigenvalue weighted by Crippen LogP contribution is -2.16. The van der Waals surface area contributed by atoms with Gasteiger partial charge in [0, 0.05) is 5.02 Å². The molecule has 0 bridgehead atoms. The number of halogens is 4. The molecule has 0 unspecified atom stereocenters. The monoisotopic (exact) mass is 499 g/mol. The van der Waals surface area contributed by atoms with Gasteiger partial charge in [0.05, 0.1) is 42.4 Å². The van der Waals surface area contributed by atoms with E-state index in [9.17, 15) is 23.1 Å². The van der Waals surface area contributed by atoms with Crippen LogP contribution in [0.25, 0.3) is 5.69 Å². The second-order valence-corrected chi connectivity index (χ2v) is 8.85. The maximum atomic E-state index is 13.8. The van der Waals surface area contributed by atoms with Gasteiger partial charge in [-0.05, 0) is 35.9 Å². The first-order chi connectivity index (χ1) is 15.7. The molecule has 174 valence electrons. The van der Waals surface area contributed by atoms with E-state index in [-0.39, 0.29) is 11.5 Å². The topological polar surface area (TPSA) is 86.5 Å². The smallest absolute Gasteiger partial charge is 0.452 e. The molecule has 1 aromatic heterocycles. The third-order valence-electron chi connectivity index (χ3n) is 5.13. The van der Waals surface area contributed by atoms with Crippen molar-refractivity contribution in [2.45, 2.75) is 23.1 Å². The first kappa shape index (κ1) is 23.2. The molecule has 2 heterocycles. The summed E-state index contributed by atoms with van der Waals surface area (Å²) in [7, 11) is 2.92. The third kappa shape index (κ3) is 4.22. The van der Waals surface area contributed by atoms with E-state index in [2.05, 4.69) is 10.2 Å². The van der Waals surface area contributed by atoms with Gasteiger partial charge in [-0.2, -0.15) is 13.2 Å². The molecule has 0 saturated heterocycles. The molecule has 0 amide bonds. The summed E-state index contributed by atoms with van der Waals surface area (Å²) in [5.41, 5.74) is 1.10. The van der Waals surface area contributed by atoms with Crippen LogP contribution in [0.15, 0.2) is 36.4 Å². The average molecular weight is 500 g/mol. The highest BCUT2D eigenvalue weighted by molar-refractivity contribution is 8.00. The molecule has 0 aliphatic carbocycles. The Morgan fingerprint density at radius 3 is 2.42 bits per heavy atom. The van der Waals surface area contributed by atoms with E-state index in [1.165, 1.54) is 26.4 Å². The molecule has 12 heteroatoms. The van der Waals surface area contributed by atoms with E-state index in [1.807, 2.05) is 0 Å². The number of ether oxygens (including phenoxy) is 2. The SMILES string of the molecule is COc1cccc(OC)c1[C@@H]1S[C@@H](CC(=O)O)c2nnc(C(F)(F)F)n2-c2ccc(Cl)cc21. The number of thioether (sulfide) groups is 1. The summed E-state index contributed by atoms with van der Waals surface area (Å²) in [6.07, 6.45) is -5.29. The number of methoxy groups -OCH3 is 2. The molecule has 2 aromatic carbocycles. The quantitative estimate of drug-likeness (QED) is 0.509. The highest BCUT2D eigenvalue weighted by atomic mass is 35.5. The maximum absolute atomic E-state index is 13.8. The first-order valence-corrected chi connectivity index (χ1v) is 10.9. The van der Waals surface area contributed by atoms with Crippen LogP contribution in [0, 0.1) is 0 Å². The number of nitrogens with zero attached hydrogens (tertiary/aromatic N) is 3. The van der Waals surface area contributed by atoms with Gasteiger partial charge < -0.3 is 14.6 Å². The van der Waals surface area contributed by atoms with Crippen LogP contribution in [0.1, 0.15) is 39.7 Å². The summed E-state index contributed by atoms with van der Waals surface area (Å²) in [6.45, 7) is 0. The van der Waals surface area contributed by atoms with Crippen molar-refractivity contribution in [2.75, 3.05) is 14.2 Å². The van der Waals surface area contributed by atoms with Gasteiger partial charge in [-0.15, -0.1) is 22.0 Å². The van der Waals surface area contributed by atoms with Crippen LogP contribution in [-0.4, -0.2) is 40.1 Å². The molecule has 0 saturated carbocycles. The van der Waals surface area contributed by atoms with E-state index in [0.29, 0.717) is 27.6 Å². The van der Waals surface area contributed by atoms with Crippen LogP contribution in [0.5, 0.6) is 11.5 Å². The largest absolute Gasteiger partial charge is 0.496 e. The van der Waals surface area contributed by atoms with Gasteiger partial charge in [-0.3, -0.25) is 9.36 Å². The molecule has 33 heavy (non-hydrogen) atoms. The summed E-state index contributed by atoms with van der Waals surface area (Å²) in [5, 5.41) is 15.3. The minimum absolute atomic E-state index is 0.116. The Morgan fingerprint density at radius 1 is 1.18 bits per heavy atom. The molecule has 4 rings (SSSR count). The number of rotatable bonds is 5. The Hall–Kier alpha value is -2.92. The summed E-state index contributed by atoms with van der Waals surface area (Å²) in [4.78, 5) is 11.6. The standard InChI is InChI=1S/C21H17ClF3N3O4S/c1-31-13-4-3-5-14(32-2)17(13)18-11-8-10(22)6-7-12(11)28-19(15(33-18)9-16(29)30)26-27-20(28)21(23,24)25/h3-8,15,18H,9H2,1-2H3,(H,29,30)/t15-,18+/m0/s1. The number of hydrogen-bond acceptors (Lipinski definition) is 6. The average Bonchev–Trinajstić information content (AvgIpc) is 3.17. The van der Waals surface area contributed by atoms with Crippen molar-refractivity contribution in [1.29, 1.82) is 0 Å². The zero-order chi connectivity index (χ0) is 23.9. The number of carboxylic acid groups (broad SMARTS) is 1. The van der Waals surface area contributed by atoms with Gasteiger partial charge in [0.2, 0.25) is 5.82 Å². The Bertz CT molecular complexity index is 1200. The van der Waals surface area contributed by atoms with Crippen molar-refractivity contribution in [3.05, 3.63) is 64.2 Å². The Labute approximate surface area is 195 Å². The van der Waals surface area contributed by atoms with Crippen molar-refractivity contribution in [2.24, 2.45) is 0 Å². The van der Waals surface area contributed by atoms with Crippen LogP contribution in [-0.2, 0) is 11.0 Å². The summed E-state index contributed by atoms with van der Waals surface area (Å²) in [6, 6.07) is 9.56. The second-order valence-electron chi connectivity index (χ2n) is 7.10. The van der Waals surface area contributed by atoms with Crippen LogP contribution < -0.4 is 9.47 Å². The molecule has 7 nitrogen and oxygen atoms in total. The van der Waals surface area contributed by atoms with E-state index in [0.717, 1.165) is 16.3 Å². The summed E-state index contributed by atoms with van der Waals surface area (Å²) in [5.74, 6) is -1.69. The van der Waals surface area contributed by atoms with Crippen LogP contribution in [0.4, 0.5) is 13.2 Å². The highest BCUT2D eigenvalue weighted by Gasteiger charge is 2.44. The van der Waals surface area contributed by atoms with Crippen molar-refractivity contribution in [3.8, 4) is 17.2 Å². The minimum atomic E-state index is -4.82. The second kappa shape index (κ2) is 8.79. The number of hydrogen-bond donors (Lipinski definition) is 1. The Morgan fingerprint density at radius 2 is 1.85 bits per heavy atom. The van der Waals surface area contributed by atoms with Gasteiger partial charge in [-0.25, -0.2) is 0 Å². The number of carbonyl (C=O) groups is 1. The molecular weight excluding hydrogens is 483 g/mol. The predicted octanol–water partition coefficient (Wildman–Crippen LogP) is 5.31. The van der Waals surface area contributed by atoms with Crippen molar-refractivity contribution in [3.63, 3.8) is 0 Å². The number of aromatic nitrogens is 3. The number of carboxylic acids is 1. The number of benzene rings is 2. The molecule has 3 aromatic rings. The number of fused-ring (bicyclic) bond motifs is 3. The highest BCUT2D eigenvalue weighted by Crippen LogP contribution is 2.55. The van der Waals surface area contributed by atoms with Gasteiger partial charge in [0.1, 0.15) is 11.5 Å². The molecule has 1 aliphatic heterocycles. The third-order valence-corrected chi connectivity index (χ3v) is 6.83. The fourth-order valence-corrected chi connectivity index (χ4v) is 5.55. The molecule has 2 atom stereocenters. The first-order valence-electron chi connectivity index (χ1n) is 9.56. The Kier molecular flexibility index (Phi) is 6.19. The lowest BCUT2D eigenvalue weighted by atomic mass is 10.00. The number of aliphatic carboxylic acids is 1. The van der Waals surface area contributed by atoms with Crippen molar-refractivity contribution >= 4 is 29.3 Å². The molecule has 0 fully saturated rings. The zero-order valence-corrected chi connectivity index (χ0v) is 18.8. The van der Waals surface area contributed by atoms with E-state index in [1.54, 1.807) is 24.3 Å². The molecule has 1 N–H and O–H groups in total. The maximum Gasteiger partial charge on any atom is 0.452 e. The molecular formula is C21H17ClF3N3O4S. The summed E-state index contributed by atoms with van der Waals surface area (Å²) < 4.78 is 53.5. The van der Waals surface area contributed by atoms with Gasteiger partial charge in [0.15, 0.2) is 5.82 Å². The van der Waals surface area contributed by atoms with Crippen molar-refractivity contribution < 1.29 is 32.5 Å². The fourth-order valence-electron chi connectivity index (χ4n) is 3.82. The van der Waals surface area contributed by atoms with Gasteiger partial charge in [-0.1, -0.05) is 17.7 Å². The molecule has 1 aliphatic rings. The predicted molar refractivity (Wildman–Crippen MR) is 115 cm³/mol. The van der Waals surface area contributed by atoms with Crippen LogP contribution >= 0.6 is 23.4 Å². The van der Waals surface area contributed by atoms with E-state index in [4.69, 9.17) is 21.1 Å². The normalized spacial score (nSPS) is 17.6. The molecule has 0 spiro atoms. The van der Waals surface area contributed by atoms with Gasteiger partial charge in [0.25, 0.3) is 0 Å². The molecule has 0 radical (unpaired) electrons. The summed E-state index contributed by atoms with van der Waals surface area (Å²) >= 11 is 7.37. The van der Waals surface area contributed by atoms with Crippen LogP contribution in [0.2, 0.25) is 5.02 Å². The number of alkyl halides is 3. The lowest BCUT2D eigenvalue weighted by Gasteiger charge is -2.24. The Balaban J connectivity index is 2.06. The van der Waals surface area contributed by atoms with E-state index < -0.39 is 34.9 Å². The van der Waals surface area contributed by atoms with Crippen LogP contribution in [0.3, 0.4) is 0 Å². The van der Waals surface area contributed by atoms with Gasteiger partial charge >= 0.3 is 12.1 Å². The van der Waals surface area contributed by atoms with E-state index >= 15 is 0 Å². The fraction of sp³-hybridized carbons (Fsp3) is 0.286. The minimum Gasteiger partial charge on any atom is -0.496 e. The van der Waals surface area contributed by atoms with Crippen molar-refractivity contribution in [1.82, 2.24) is 14.8 Å². The zero-order valence-electron chi connectivity index (χ0n) is 17.3.